The molecule has 0 spiro atoms. The number of anilines is 2. The predicted molar refractivity (Wildman–Crippen MR) is 152 cm³/mol. The van der Waals surface area contributed by atoms with E-state index in [1.165, 1.54) is 16.6 Å². The van der Waals surface area contributed by atoms with Crippen LogP contribution in [-0.4, -0.2) is 54.7 Å². The molecule has 2 heterocycles. The summed E-state index contributed by atoms with van der Waals surface area (Å²) in [5.74, 6) is 0. The first-order valence-electron chi connectivity index (χ1n) is 12.0. The van der Waals surface area contributed by atoms with E-state index in [1.807, 2.05) is 26.0 Å². The zero-order valence-corrected chi connectivity index (χ0v) is 22.4. The fourth-order valence-electron chi connectivity index (χ4n) is 4.66. The molecule has 1 aliphatic rings. The van der Waals surface area contributed by atoms with Gasteiger partial charge in [-0.2, -0.15) is 0 Å². The Bertz CT molecular complexity index is 1120. The Morgan fingerprint density at radius 3 is 2.46 bits per heavy atom. The van der Waals surface area contributed by atoms with Gasteiger partial charge in [-0.3, -0.25) is 14.8 Å². The smallest absolute Gasteiger partial charge is 0.319 e. The number of nitrogens with two attached hydrogens (primary N) is 1. The summed E-state index contributed by atoms with van der Waals surface area (Å²) in [6.45, 7) is 11.2. The number of piperazine rings is 1. The molecule has 1 saturated heterocycles. The number of nitrogens with zero attached hydrogens (tertiary/aromatic N) is 4. The van der Waals surface area contributed by atoms with Gasteiger partial charge in [0.05, 0.1) is 5.52 Å². The molecule has 1 unspecified atom stereocenters. The molecular weight excluding hydrogens is 481 g/mol. The van der Waals surface area contributed by atoms with Crippen LogP contribution in [0.4, 0.5) is 16.2 Å². The third-order valence-electron chi connectivity index (χ3n) is 6.74. The van der Waals surface area contributed by atoms with Crippen molar-refractivity contribution in [2.75, 3.05) is 42.5 Å². The van der Waals surface area contributed by atoms with E-state index >= 15 is 0 Å². The summed E-state index contributed by atoms with van der Waals surface area (Å²) >= 11 is 0. The molecule has 1 aliphatic heterocycles. The molecule has 4 rings (SSSR count). The second-order valence-corrected chi connectivity index (χ2v) is 9.01. The number of aromatic nitrogens is 1. The van der Waals surface area contributed by atoms with Crippen molar-refractivity contribution in [2.24, 2.45) is 5.73 Å². The Morgan fingerprint density at radius 2 is 1.77 bits per heavy atom. The maximum Gasteiger partial charge on any atom is 0.319 e. The summed E-state index contributed by atoms with van der Waals surface area (Å²) < 4.78 is 0. The number of rotatable bonds is 7. The number of halogens is 2. The van der Waals surface area contributed by atoms with Crippen LogP contribution in [0.25, 0.3) is 10.9 Å². The number of amides is 2. The van der Waals surface area contributed by atoms with Gasteiger partial charge in [-0.25, -0.2) is 4.79 Å². The van der Waals surface area contributed by atoms with Gasteiger partial charge in [0, 0.05) is 61.2 Å². The fraction of sp³-hybridized carbons (Fsp3) is 0.407. The van der Waals surface area contributed by atoms with Crippen LogP contribution in [0, 0.1) is 6.92 Å². The van der Waals surface area contributed by atoms with Crippen LogP contribution in [-0.2, 0) is 6.42 Å². The van der Waals surface area contributed by atoms with Crippen molar-refractivity contribution in [1.82, 2.24) is 9.88 Å². The Hall–Kier alpha value is -2.54. The quantitative estimate of drug-likeness (QED) is 0.453. The van der Waals surface area contributed by atoms with Gasteiger partial charge in [-0.05, 0) is 68.7 Å². The summed E-state index contributed by atoms with van der Waals surface area (Å²) in [5.41, 5.74) is 11.2. The van der Waals surface area contributed by atoms with Crippen molar-refractivity contribution >= 4 is 53.1 Å². The van der Waals surface area contributed by atoms with Gasteiger partial charge in [-0.1, -0.05) is 25.1 Å². The van der Waals surface area contributed by atoms with Crippen LogP contribution < -0.4 is 15.5 Å². The van der Waals surface area contributed by atoms with Crippen LogP contribution in [0.15, 0.2) is 54.6 Å². The second-order valence-electron chi connectivity index (χ2n) is 9.01. The number of fused-ring (bicyclic) bond motifs is 1. The average Bonchev–Trinajstić information content (AvgIpc) is 2.82. The largest absolute Gasteiger partial charge is 0.368 e. The van der Waals surface area contributed by atoms with E-state index in [0.717, 1.165) is 62.5 Å². The van der Waals surface area contributed by atoms with Gasteiger partial charge in [0.15, 0.2) is 0 Å². The maximum absolute atomic E-state index is 12.0. The van der Waals surface area contributed by atoms with Gasteiger partial charge >= 0.3 is 6.03 Å². The van der Waals surface area contributed by atoms with Gasteiger partial charge in [0.25, 0.3) is 0 Å². The van der Waals surface area contributed by atoms with Gasteiger partial charge in [0.2, 0.25) is 0 Å². The molecule has 1 aromatic heterocycles. The number of aryl methyl sites for hydroxylation is 1. The third kappa shape index (κ3) is 6.78. The summed E-state index contributed by atoms with van der Waals surface area (Å²) in [6, 6.07) is 18.6. The number of primary amides is 1. The number of urea groups is 1. The number of carbonyl (C=O) groups is 1. The first-order chi connectivity index (χ1) is 16.0. The average molecular weight is 519 g/mol. The first-order valence-corrected chi connectivity index (χ1v) is 12.0. The number of pyridine rings is 1. The highest BCUT2D eigenvalue weighted by Gasteiger charge is 2.20. The minimum Gasteiger partial charge on any atom is -0.368 e. The van der Waals surface area contributed by atoms with E-state index in [-0.39, 0.29) is 30.9 Å². The minimum atomic E-state index is -0.392. The number of benzene rings is 2. The van der Waals surface area contributed by atoms with Crippen molar-refractivity contribution in [3.05, 3.63) is 65.9 Å². The van der Waals surface area contributed by atoms with Crippen molar-refractivity contribution in [1.29, 1.82) is 0 Å². The molecule has 1 atom stereocenters. The van der Waals surface area contributed by atoms with Gasteiger partial charge in [0.1, 0.15) is 0 Å². The Labute approximate surface area is 221 Å². The molecule has 1 fully saturated rings. The van der Waals surface area contributed by atoms with Crippen LogP contribution in [0.3, 0.4) is 0 Å². The molecule has 2 aromatic carbocycles. The van der Waals surface area contributed by atoms with Crippen molar-refractivity contribution in [3.8, 4) is 0 Å². The molecule has 2 N–H and O–H groups in total. The SMILES string of the molecule is CCC(C)N(C(N)=O)c1cccc(CCN2CCN(c3cccc4nc(C)ccc34)CC2)c1.Cl.Cl. The second kappa shape index (κ2) is 13.0. The molecule has 0 radical (unpaired) electrons. The van der Waals surface area contributed by atoms with E-state index in [1.54, 1.807) is 4.90 Å². The molecule has 6 nitrogen and oxygen atoms in total. The number of hydrogen-bond acceptors (Lipinski definition) is 4. The Morgan fingerprint density at radius 1 is 1.06 bits per heavy atom. The highest BCUT2D eigenvalue weighted by Crippen LogP contribution is 2.27. The van der Waals surface area contributed by atoms with Crippen molar-refractivity contribution in [3.63, 3.8) is 0 Å². The van der Waals surface area contributed by atoms with Crippen LogP contribution in [0.5, 0.6) is 0 Å². The minimum absolute atomic E-state index is 0. The van der Waals surface area contributed by atoms with E-state index < -0.39 is 6.03 Å². The molecule has 0 saturated carbocycles. The molecular formula is C27H37Cl2N5O. The first kappa shape index (κ1) is 28.7. The van der Waals surface area contributed by atoms with Crippen molar-refractivity contribution in [2.45, 2.75) is 39.7 Å². The lowest BCUT2D eigenvalue weighted by Crippen LogP contribution is -2.47. The highest BCUT2D eigenvalue weighted by atomic mass is 35.5. The van der Waals surface area contributed by atoms with E-state index in [4.69, 9.17) is 5.73 Å². The lowest BCUT2D eigenvalue weighted by Gasteiger charge is -2.36. The maximum atomic E-state index is 12.0. The Balaban J connectivity index is 0.00000216. The molecule has 2 amide bonds. The summed E-state index contributed by atoms with van der Waals surface area (Å²) in [4.78, 5) is 23.4. The number of hydrogen-bond donors (Lipinski definition) is 1. The van der Waals surface area contributed by atoms with Gasteiger partial charge < -0.3 is 10.6 Å². The zero-order chi connectivity index (χ0) is 23.4. The normalized spacial score (nSPS) is 14.7. The highest BCUT2D eigenvalue weighted by molar-refractivity contribution is 5.92. The topological polar surface area (TPSA) is 65.7 Å². The van der Waals surface area contributed by atoms with E-state index in [0.29, 0.717) is 0 Å². The molecule has 0 aliphatic carbocycles. The fourth-order valence-corrected chi connectivity index (χ4v) is 4.66. The monoisotopic (exact) mass is 517 g/mol. The molecule has 35 heavy (non-hydrogen) atoms. The van der Waals surface area contributed by atoms with Crippen LogP contribution in [0.2, 0.25) is 0 Å². The zero-order valence-electron chi connectivity index (χ0n) is 20.8. The molecule has 8 heteroatoms. The molecule has 190 valence electrons. The lowest BCUT2D eigenvalue weighted by atomic mass is 10.1. The summed E-state index contributed by atoms with van der Waals surface area (Å²) in [6.07, 6.45) is 1.82. The summed E-state index contributed by atoms with van der Waals surface area (Å²) in [7, 11) is 0. The van der Waals surface area contributed by atoms with E-state index in [9.17, 15) is 4.79 Å². The van der Waals surface area contributed by atoms with Gasteiger partial charge in [-0.15, -0.1) is 24.8 Å². The number of carbonyl (C=O) groups excluding carboxylic acids is 1. The van der Waals surface area contributed by atoms with Crippen LogP contribution >= 0.6 is 24.8 Å². The van der Waals surface area contributed by atoms with Crippen LogP contribution in [0.1, 0.15) is 31.5 Å². The lowest BCUT2D eigenvalue weighted by molar-refractivity contribution is 0.252. The van der Waals surface area contributed by atoms with E-state index in [2.05, 4.69) is 64.2 Å². The van der Waals surface area contributed by atoms with Crippen molar-refractivity contribution < 1.29 is 4.79 Å². The summed E-state index contributed by atoms with van der Waals surface area (Å²) in [5, 5.41) is 1.23. The standard InChI is InChI=1S/C27H35N5O.2ClH/c1-4-21(3)32(27(28)33)23-8-5-7-22(19-23)13-14-30-15-17-31(18-16-30)26-10-6-9-25-24(26)12-11-20(2)29-25;;/h5-12,19,21H,4,13-18H2,1-3H3,(H2,28,33);2*1H. The predicted octanol–water partition coefficient (Wildman–Crippen LogP) is 5.44. The third-order valence-corrected chi connectivity index (χ3v) is 6.74. The molecule has 3 aromatic rings. The molecule has 0 bridgehead atoms. The Kier molecular flexibility index (Phi) is 10.6.